The van der Waals surface area contributed by atoms with Crippen molar-refractivity contribution in [3.8, 4) is 0 Å². The van der Waals surface area contributed by atoms with Crippen LogP contribution in [0.5, 0.6) is 0 Å². The van der Waals surface area contributed by atoms with Gasteiger partial charge in [-0.05, 0) is 57.4 Å². The molecule has 2 rings (SSSR count). The van der Waals surface area contributed by atoms with Crippen LogP contribution in [-0.4, -0.2) is 41.9 Å². The molecule has 0 saturated heterocycles. The molecule has 1 aromatic carbocycles. The van der Waals surface area contributed by atoms with Crippen LogP contribution in [-0.2, 0) is 4.74 Å². The molecule has 144 valence electrons. The van der Waals surface area contributed by atoms with E-state index in [1.165, 1.54) is 0 Å². The third-order valence-corrected chi connectivity index (χ3v) is 3.99. The van der Waals surface area contributed by atoms with E-state index in [1.807, 2.05) is 26.8 Å². The zero-order valence-corrected chi connectivity index (χ0v) is 15.5. The molecule has 1 heterocycles. The van der Waals surface area contributed by atoms with Crippen LogP contribution in [0.15, 0.2) is 30.3 Å². The van der Waals surface area contributed by atoms with Gasteiger partial charge in [-0.3, -0.25) is 0 Å². The van der Waals surface area contributed by atoms with E-state index in [1.54, 1.807) is 29.2 Å². The van der Waals surface area contributed by atoms with E-state index in [-0.39, 0.29) is 6.09 Å². The largest absolute Gasteiger partial charge is 0.444 e. The predicted molar refractivity (Wildman–Crippen MR) is 96.0 cm³/mol. The summed E-state index contributed by atoms with van der Waals surface area (Å²) in [6.07, 6.45) is -2.00. The third kappa shape index (κ3) is 5.68. The normalized spacial score (nSPS) is 16.7. The molecular formula is C19H25F3N2O2. The van der Waals surface area contributed by atoms with Crippen molar-refractivity contribution in [2.45, 2.75) is 51.9 Å². The minimum Gasteiger partial charge on any atom is -0.444 e. The number of nitrogens with zero attached hydrogens (tertiary/aromatic N) is 1. The van der Waals surface area contributed by atoms with Crippen molar-refractivity contribution in [2.75, 3.05) is 18.4 Å². The van der Waals surface area contributed by atoms with Gasteiger partial charge in [0.15, 0.2) is 0 Å². The Kier molecular flexibility index (Phi) is 5.88. The van der Waals surface area contributed by atoms with Gasteiger partial charge in [-0.1, -0.05) is 18.2 Å². The molecule has 26 heavy (non-hydrogen) atoms. The molecule has 0 aromatic heterocycles. The summed E-state index contributed by atoms with van der Waals surface area (Å²) in [4.78, 5) is 13.7. The van der Waals surface area contributed by atoms with Crippen molar-refractivity contribution >= 4 is 17.4 Å². The summed E-state index contributed by atoms with van der Waals surface area (Å²) in [5.41, 5.74) is 1.90. The van der Waals surface area contributed by atoms with Crippen LogP contribution in [0.3, 0.4) is 0 Å². The van der Waals surface area contributed by atoms with Crippen molar-refractivity contribution in [3.05, 3.63) is 35.9 Å². The zero-order chi connectivity index (χ0) is 19.5. The highest BCUT2D eigenvalue weighted by Gasteiger charge is 2.35. The molecule has 1 N–H and O–H groups in total. The van der Waals surface area contributed by atoms with Gasteiger partial charge in [0, 0.05) is 18.8 Å². The number of ether oxygens (including phenoxy) is 1. The second-order valence-electron chi connectivity index (χ2n) is 7.39. The van der Waals surface area contributed by atoms with Crippen LogP contribution in [0.4, 0.5) is 23.7 Å². The number of rotatable bonds is 3. The first-order chi connectivity index (χ1) is 12.0. The maximum absolute atomic E-state index is 12.6. The highest BCUT2D eigenvalue weighted by Crippen LogP contribution is 2.27. The molecule has 0 aliphatic carbocycles. The first-order valence-corrected chi connectivity index (χ1v) is 8.56. The number of alkyl halides is 3. The number of carbonyl (C=O) groups excluding carboxylic acids is 1. The van der Waals surface area contributed by atoms with Gasteiger partial charge >= 0.3 is 12.3 Å². The van der Waals surface area contributed by atoms with E-state index in [2.05, 4.69) is 5.32 Å². The van der Waals surface area contributed by atoms with Crippen molar-refractivity contribution in [3.63, 3.8) is 0 Å². The van der Waals surface area contributed by atoms with E-state index in [9.17, 15) is 18.0 Å². The maximum atomic E-state index is 12.6. The lowest BCUT2D eigenvalue weighted by atomic mass is 9.99. The average Bonchev–Trinajstić information content (AvgIpc) is 2.53. The number of hydrogen-bond donors (Lipinski definition) is 1. The Balaban J connectivity index is 1.97. The molecule has 1 unspecified atom stereocenters. The summed E-state index contributed by atoms with van der Waals surface area (Å²) in [5.74, 6) is 0. The van der Waals surface area contributed by atoms with Gasteiger partial charge in [0.2, 0.25) is 0 Å². The summed E-state index contributed by atoms with van der Waals surface area (Å²) in [7, 11) is 0. The highest BCUT2D eigenvalue weighted by atomic mass is 19.4. The minimum atomic E-state index is -4.28. The second-order valence-corrected chi connectivity index (χ2v) is 7.39. The molecule has 0 saturated carbocycles. The van der Waals surface area contributed by atoms with Crippen LogP contribution in [0.25, 0.3) is 5.57 Å². The van der Waals surface area contributed by atoms with Gasteiger partial charge < -0.3 is 15.0 Å². The molecule has 1 aliphatic heterocycles. The summed E-state index contributed by atoms with van der Waals surface area (Å²) in [5, 5.41) is 2.44. The second kappa shape index (κ2) is 7.60. The molecule has 0 bridgehead atoms. The highest BCUT2D eigenvalue weighted by molar-refractivity contribution is 5.73. The minimum absolute atomic E-state index is 0.339. The molecular weight excluding hydrogens is 345 g/mol. The molecule has 1 aromatic rings. The van der Waals surface area contributed by atoms with E-state index in [0.29, 0.717) is 25.2 Å². The Hall–Kier alpha value is -2.18. The number of amides is 1. The van der Waals surface area contributed by atoms with Crippen LogP contribution in [0.1, 0.15) is 39.7 Å². The average molecular weight is 370 g/mol. The van der Waals surface area contributed by atoms with Crippen LogP contribution in [0, 0.1) is 0 Å². The fourth-order valence-corrected chi connectivity index (χ4v) is 2.54. The third-order valence-electron chi connectivity index (χ3n) is 3.99. The Labute approximate surface area is 152 Å². The number of halogens is 3. The summed E-state index contributed by atoms with van der Waals surface area (Å²) in [6, 6.07) is 5.25. The van der Waals surface area contributed by atoms with Gasteiger partial charge in [0.05, 0.1) is 0 Å². The standard InChI is InChI=1S/C19H25F3N2O2/c1-13(19(20,21)22)23-16-7-5-14(6-8-16)15-9-11-24(12-10-15)17(25)26-18(2,3)4/h5-9,13,23H,10-12H2,1-4H3. The van der Waals surface area contributed by atoms with Crippen LogP contribution in [0.2, 0.25) is 0 Å². The van der Waals surface area contributed by atoms with E-state index in [0.717, 1.165) is 18.1 Å². The van der Waals surface area contributed by atoms with Gasteiger partial charge in [-0.25, -0.2) is 4.79 Å². The van der Waals surface area contributed by atoms with Crippen molar-refractivity contribution < 1.29 is 22.7 Å². The Morgan fingerprint density at radius 2 is 1.81 bits per heavy atom. The molecule has 0 spiro atoms. The number of carbonyl (C=O) groups is 1. The van der Waals surface area contributed by atoms with E-state index in [4.69, 9.17) is 4.74 Å². The molecule has 4 nitrogen and oxygen atoms in total. The van der Waals surface area contributed by atoms with Crippen molar-refractivity contribution in [2.24, 2.45) is 0 Å². The summed E-state index contributed by atoms with van der Waals surface area (Å²) < 4.78 is 43.1. The topological polar surface area (TPSA) is 41.6 Å². The van der Waals surface area contributed by atoms with Gasteiger partial charge in [0.1, 0.15) is 11.6 Å². The van der Waals surface area contributed by atoms with Crippen LogP contribution >= 0.6 is 0 Å². The first-order valence-electron chi connectivity index (χ1n) is 8.56. The van der Waals surface area contributed by atoms with Crippen LogP contribution < -0.4 is 5.32 Å². The lowest BCUT2D eigenvalue weighted by Crippen LogP contribution is -2.39. The Morgan fingerprint density at radius 1 is 1.19 bits per heavy atom. The maximum Gasteiger partial charge on any atom is 0.410 e. The molecule has 7 heteroatoms. The fourth-order valence-electron chi connectivity index (χ4n) is 2.54. The molecule has 1 aliphatic rings. The molecule has 0 radical (unpaired) electrons. The SMILES string of the molecule is CC(Nc1ccc(C2=CCN(C(=O)OC(C)(C)C)CC2)cc1)C(F)(F)F. The number of nitrogens with one attached hydrogen (secondary N) is 1. The van der Waals surface area contributed by atoms with E-state index < -0.39 is 17.8 Å². The van der Waals surface area contributed by atoms with E-state index >= 15 is 0 Å². The Bertz CT molecular complexity index is 661. The predicted octanol–water partition coefficient (Wildman–Crippen LogP) is 5.07. The first kappa shape index (κ1) is 20.1. The van der Waals surface area contributed by atoms with Crippen molar-refractivity contribution in [1.82, 2.24) is 4.90 Å². The van der Waals surface area contributed by atoms with Gasteiger partial charge in [-0.15, -0.1) is 0 Å². The summed E-state index contributed by atoms with van der Waals surface area (Å²) in [6.45, 7) is 7.56. The number of benzene rings is 1. The summed E-state index contributed by atoms with van der Waals surface area (Å²) >= 11 is 0. The molecule has 1 atom stereocenters. The quantitative estimate of drug-likeness (QED) is 0.807. The fraction of sp³-hybridized carbons (Fsp3) is 0.526. The Morgan fingerprint density at radius 3 is 2.27 bits per heavy atom. The lowest BCUT2D eigenvalue weighted by Gasteiger charge is -2.29. The lowest BCUT2D eigenvalue weighted by molar-refractivity contribution is -0.138. The monoisotopic (exact) mass is 370 g/mol. The molecule has 0 fully saturated rings. The molecule has 1 amide bonds. The smallest absolute Gasteiger partial charge is 0.410 e. The van der Waals surface area contributed by atoms with Gasteiger partial charge in [-0.2, -0.15) is 13.2 Å². The van der Waals surface area contributed by atoms with Gasteiger partial charge in [0.25, 0.3) is 0 Å². The van der Waals surface area contributed by atoms with Crippen molar-refractivity contribution in [1.29, 1.82) is 0 Å². The number of anilines is 1. The number of hydrogen-bond acceptors (Lipinski definition) is 3. The zero-order valence-electron chi connectivity index (χ0n) is 15.5.